The highest BCUT2D eigenvalue weighted by Gasteiger charge is 2.12. The van der Waals surface area contributed by atoms with Gasteiger partial charge in [0, 0.05) is 5.02 Å². The molecule has 7 heteroatoms. The van der Waals surface area contributed by atoms with Crippen molar-refractivity contribution in [2.75, 3.05) is 12.4 Å². The lowest BCUT2D eigenvalue weighted by Gasteiger charge is -2.07. The number of carbonyl (C=O) groups is 1. The van der Waals surface area contributed by atoms with Crippen molar-refractivity contribution in [1.82, 2.24) is 0 Å². The Labute approximate surface area is 148 Å². The van der Waals surface area contributed by atoms with E-state index >= 15 is 0 Å². The molecule has 4 nitrogen and oxygen atoms in total. The van der Waals surface area contributed by atoms with Crippen LogP contribution in [0.4, 0.5) is 10.1 Å². The van der Waals surface area contributed by atoms with Gasteiger partial charge >= 0.3 is 0 Å². The number of amides is 1. The van der Waals surface area contributed by atoms with E-state index < -0.39 is 11.7 Å². The Morgan fingerprint density at radius 2 is 2.04 bits per heavy atom. The van der Waals surface area contributed by atoms with E-state index in [9.17, 15) is 9.18 Å². The predicted molar refractivity (Wildman–Crippen MR) is 91.6 cm³/mol. The first kappa shape index (κ1) is 17.8. The molecule has 0 atom stereocenters. The van der Waals surface area contributed by atoms with Crippen LogP contribution in [0.3, 0.4) is 0 Å². The standard InChI is InChI=1S/C17H11Cl2FN2O2/c1-24-16-5-2-10(7-14(16)20)6-11(9-21)17(23)22-15-4-3-12(18)8-13(15)19/h2-8H,1H3,(H,22,23)/b11-6+. The first-order valence-corrected chi connectivity index (χ1v) is 7.42. The van der Waals surface area contributed by atoms with Gasteiger partial charge in [0.15, 0.2) is 11.6 Å². The zero-order valence-corrected chi connectivity index (χ0v) is 14.0. The van der Waals surface area contributed by atoms with Crippen LogP contribution in [0, 0.1) is 17.1 Å². The van der Waals surface area contributed by atoms with Gasteiger partial charge in [0.25, 0.3) is 5.91 Å². The number of anilines is 1. The lowest BCUT2D eigenvalue weighted by atomic mass is 10.1. The second kappa shape index (κ2) is 7.82. The summed E-state index contributed by atoms with van der Waals surface area (Å²) in [6.07, 6.45) is 1.27. The monoisotopic (exact) mass is 364 g/mol. The van der Waals surface area contributed by atoms with E-state index in [1.165, 1.54) is 43.5 Å². The molecule has 0 spiro atoms. The molecule has 0 aliphatic heterocycles. The fraction of sp³-hybridized carbons (Fsp3) is 0.0588. The molecule has 2 aromatic carbocycles. The van der Waals surface area contributed by atoms with Crippen molar-refractivity contribution in [3.05, 3.63) is 63.4 Å². The molecule has 0 aliphatic carbocycles. The number of rotatable bonds is 4. The summed E-state index contributed by atoms with van der Waals surface area (Å²) in [6.45, 7) is 0. The van der Waals surface area contributed by atoms with Crippen molar-refractivity contribution in [1.29, 1.82) is 5.26 Å². The number of halogens is 3. The second-order valence-electron chi connectivity index (χ2n) is 4.64. The number of nitrogens with zero attached hydrogens (tertiary/aromatic N) is 1. The van der Waals surface area contributed by atoms with Crippen molar-refractivity contribution in [3.8, 4) is 11.8 Å². The predicted octanol–water partition coefficient (Wildman–Crippen LogP) is 4.69. The third-order valence-corrected chi connectivity index (χ3v) is 3.58. The number of benzene rings is 2. The van der Waals surface area contributed by atoms with E-state index in [1.54, 1.807) is 12.1 Å². The highest BCUT2D eigenvalue weighted by atomic mass is 35.5. The smallest absolute Gasteiger partial charge is 0.266 e. The molecule has 24 heavy (non-hydrogen) atoms. The molecule has 2 aromatic rings. The zero-order valence-electron chi connectivity index (χ0n) is 12.4. The van der Waals surface area contributed by atoms with Gasteiger partial charge in [-0.2, -0.15) is 5.26 Å². The molecule has 0 saturated heterocycles. The van der Waals surface area contributed by atoms with E-state index in [1.807, 2.05) is 0 Å². The maximum Gasteiger partial charge on any atom is 0.266 e. The van der Waals surface area contributed by atoms with Crippen LogP contribution in [-0.2, 0) is 4.79 Å². The van der Waals surface area contributed by atoms with Gasteiger partial charge in [0.05, 0.1) is 17.8 Å². The maximum absolute atomic E-state index is 13.7. The van der Waals surface area contributed by atoms with Gasteiger partial charge in [-0.3, -0.25) is 4.79 Å². The van der Waals surface area contributed by atoms with Gasteiger partial charge in [-0.15, -0.1) is 0 Å². The summed E-state index contributed by atoms with van der Waals surface area (Å²) in [5, 5.41) is 12.3. The second-order valence-corrected chi connectivity index (χ2v) is 5.49. The van der Waals surface area contributed by atoms with Crippen molar-refractivity contribution in [2.24, 2.45) is 0 Å². The lowest BCUT2D eigenvalue weighted by Crippen LogP contribution is -2.13. The molecule has 0 radical (unpaired) electrons. The Morgan fingerprint density at radius 3 is 2.62 bits per heavy atom. The van der Waals surface area contributed by atoms with Gasteiger partial charge < -0.3 is 10.1 Å². The van der Waals surface area contributed by atoms with Crippen molar-refractivity contribution < 1.29 is 13.9 Å². The molecule has 0 saturated carbocycles. The Bertz CT molecular complexity index is 860. The molecule has 0 heterocycles. The molecule has 2 rings (SSSR count). The third-order valence-electron chi connectivity index (χ3n) is 3.03. The summed E-state index contributed by atoms with van der Waals surface area (Å²) in [4.78, 5) is 12.2. The van der Waals surface area contributed by atoms with Crippen LogP contribution in [0.1, 0.15) is 5.56 Å². The van der Waals surface area contributed by atoms with Crippen molar-refractivity contribution in [3.63, 3.8) is 0 Å². The lowest BCUT2D eigenvalue weighted by molar-refractivity contribution is -0.112. The summed E-state index contributed by atoms with van der Waals surface area (Å²) >= 11 is 11.8. The summed E-state index contributed by atoms with van der Waals surface area (Å²) < 4.78 is 18.5. The van der Waals surface area contributed by atoms with Crippen LogP contribution in [0.25, 0.3) is 6.08 Å². The molecule has 0 unspecified atom stereocenters. The minimum Gasteiger partial charge on any atom is -0.494 e. The first-order chi connectivity index (χ1) is 11.4. The summed E-state index contributed by atoms with van der Waals surface area (Å²) in [5.41, 5.74) is 0.459. The summed E-state index contributed by atoms with van der Waals surface area (Å²) in [7, 11) is 1.35. The normalized spacial score (nSPS) is 10.9. The molecule has 0 fully saturated rings. The van der Waals surface area contributed by atoms with E-state index in [2.05, 4.69) is 5.32 Å². The van der Waals surface area contributed by atoms with Crippen LogP contribution >= 0.6 is 23.2 Å². The van der Waals surface area contributed by atoms with Crippen LogP contribution in [0.2, 0.25) is 10.0 Å². The molecular weight excluding hydrogens is 354 g/mol. The van der Waals surface area contributed by atoms with Gasteiger partial charge in [0.2, 0.25) is 0 Å². The van der Waals surface area contributed by atoms with Crippen molar-refractivity contribution in [2.45, 2.75) is 0 Å². The highest BCUT2D eigenvalue weighted by molar-refractivity contribution is 6.36. The number of methoxy groups -OCH3 is 1. The largest absolute Gasteiger partial charge is 0.494 e. The van der Waals surface area contributed by atoms with E-state index in [4.69, 9.17) is 33.2 Å². The third kappa shape index (κ3) is 4.25. The Kier molecular flexibility index (Phi) is 5.80. The van der Waals surface area contributed by atoms with E-state index in [0.717, 1.165) is 0 Å². The number of ether oxygens (including phenoxy) is 1. The fourth-order valence-electron chi connectivity index (χ4n) is 1.87. The number of nitrogens with one attached hydrogen (secondary N) is 1. The fourth-order valence-corrected chi connectivity index (χ4v) is 2.32. The van der Waals surface area contributed by atoms with E-state index in [0.29, 0.717) is 16.3 Å². The van der Waals surface area contributed by atoms with Crippen molar-refractivity contribution >= 4 is 40.9 Å². The molecule has 122 valence electrons. The molecule has 0 aromatic heterocycles. The molecular formula is C17H11Cl2FN2O2. The average molecular weight is 365 g/mol. The molecule has 0 bridgehead atoms. The Morgan fingerprint density at radius 1 is 1.29 bits per heavy atom. The Hall–Kier alpha value is -2.55. The van der Waals surface area contributed by atoms with Gasteiger partial charge in [0.1, 0.15) is 11.6 Å². The number of nitriles is 1. The van der Waals surface area contributed by atoms with Crippen LogP contribution in [0.5, 0.6) is 5.75 Å². The van der Waals surface area contributed by atoms with Gasteiger partial charge in [-0.05, 0) is 42.0 Å². The minimum absolute atomic E-state index is 0.0723. The topological polar surface area (TPSA) is 62.1 Å². The highest BCUT2D eigenvalue weighted by Crippen LogP contribution is 2.26. The SMILES string of the molecule is COc1ccc(/C=C(\C#N)C(=O)Nc2ccc(Cl)cc2Cl)cc1F. The van der Waals surface area contributed by atoms with Gasteiger partial charge in [-0.1, -0.05) is 29.3 Å². The summed E-state index contributed by atoms with van der Waals surface area (Å²) in [5.74, 6) is -1.19. The number of hydrogen-bond acceptors (Lipinski definition) is 3. The van der Waals surface area contributed by atoms with Crippen LogP contribution in [-0.4, -0.2) is 13.0 Å². The number of hydrogen-bond donors (Lipinski definition) is 1. The first-order valence-electron chi connectivity index (χ1n) is 6.66. The molecule has 0 aliphatic rings. The minimum atomic E-state index is -0.669. The molecule has 1 N–H and O–H groups in total. The zero-order chi connectivity index (χ0) is 17.7. The van der Waals surface area contributed by atoms with Crippen LogP contribution in [0.15, 0.2) is 42.0 Å². The maximum atomic E-state index is 13.7. The van der Waals surface area contributed by atoms with Crippen LogP contribution < -0.4 is 10.1 Å². The quantitative estimate of drug-likeness (QED) is 0.632. The van der Waals surface area contributed by atoms with Gasteiger partial charge in [-0.25, -0.2) is 4.39 Å². The average Bonchev–Trinajstić information content (AvgIpc) is 2.55. The molecule has 1 amide bonds. The van der Waals surface area contributed by atoms with E-state index in [-0.39, 0.29) is 16.3 Å². The number of carbonyl (C=O) groups excluding carboxylic acids is 1. The Balaban J connectivity index is 2.25. The summed E-state index contributed by atoms with van der Waals surface area (Å²) in [6, 6.07) is 10.4.